The summed E-state index contributed by atoms with van der Waals surface area (Å²) in [6, 6.07) is 76.9. The van der Waals surface area contributed by atoms with Gasteiger partial charge in [-0.2, -0.15) is 0 Å². The summed E-state index contributed by atoms with van der Waals surface area (Å²) in [6.45, 7) is 0. The van der Waals surface area contributed by atoms with Crippen LogP contribution < -0.4 is 0 Å². The van der Waals surface area contributed by atoms with Gasteiger partial charge in [0, 0.05) is 32.0 Å². The molecule has 0 nitrogen and oxygen atoms in total. The zero-order chi connectivity index (χ0) is 41.4. The van der Waals surface area contributed by atoms with Crippen LogP contribution in [0.1, 0.15) is 28.2 Å². The number of hydrogen-bond acceptors (Lipinski definition) is 1. The van der Waals surface area contributed by atoms with Crippen LogP contribution in [0, 0.1) is 5.92 Å². The van der Waals surface area contributed by atoms with E-state index in [-0.39, 0.29) is 11.8 Å². The third-order valence-electron chi connectivity index (χ3n) is 13.7. The van der Waals surface area contributed by atoms with Crippen molar-refractivity contribution >= 4 is 69.4 Å². The molecule has 2 aliphatic rings. The standard InChI is InChI=1S/C62H40S/c1-2-18-41(19-3-1)57-45-22-6-10-26-49(45)59(50-27-11-7-23-46(50)57)53-31-15-33-55-61(53)62-54(32-16-34-56(62)63-55)60-51-28-12-8-24-47(51)58(48-25-9-13-29-52(48)60)42-37-35-40(36-38-42)44-30-14-20-39-17-4-5-21-43(39)44/h1-38,45,57H. The molecule has 0 amide bonds. The highest BCUT2D eigenvalue weighted by atomic mass is 32.1. The van der Waals surface area contributed by atoms with Crippen LogP contribution in [0.2, 0.25) is 0 Å². The maximum Gasteiger partial charge on any atom is 0.0361 e. The lowest BCUT2D eigenvalue weighted by Gasteiger charge is -2.37. The van der Waals surface area contributed by atoms with Crippen LogP contribution in [0.3, 0.4) is 0 Å². The molecule has 0 saturated carbocycles. The van der Waals surface area contributed by atoms with E-state index in [9.17, 15) is 0 Å². The predicted molar refractivity (Wildman–Crippen MR) is 271 cm³/mol. The number of hydrogen-bond donors (Lipinski definition) is 0. The highest BCUT2D eigenvalue weighted by Crippen LogP contribution is 2.54. The van der Waals surface area contributed by atoms with E-state index >= 15 is 0 Å². The molecule has 0 fully saturated rings. The van der Waals surface area contributed by atoms with Gasteiger partial charge in [-0.25, -0.2) is 0 Å². The summed E-state index contributed by atoms with van der Waals surface area (Å²) < 4.78 is 2.62. The Morgan fingerprint density at radius 3 is 1.65 bits per heavy atom. The lowest BCUT2D eigenvalue weighted by molar-refractivity contribution is 0.649. The molecule has 0 saturated heterocycles. The summed E-state index contributed by atoms with van der Waals surface area (Å²) in [4.78, 5) is 0. The Morgan fingerprint density at radius 2 is 0.905 bits per heavy atom. The topological polar surface area (TPSA) is 0 Å². The number of benzene rings is 10. The van der Waals surface area contributed by atoms with E-state index in [1.165, 1.54) is 119 Å². The molecule has 0 aliphatic heterocycles. The van der Waals surface area contributed by atoms with Crippen LogP contribution in [0.4, 0.5) is 0 Å². The number of fused-ring (bicyclic) bond motifs is 8. The molecule has 11 aromatic rings. The van der Waals surface area contributed by atoms with Crippen molar-refractivity contribution in [1.29, 1.82) is 0 Å². The van der Waals surface area contributed by atoms with Gasteiger partial charge in [-0.1, -0.05) is 218 Å². The van der Waals surface area contributed by atoms with Crippen LogP contribution in [0.5, 0.6) is 0 Å². The molecule has 0 spiro atoms. The Balaban J connectivity index is 1.05. The Kier molecular flexibility index (Phi) is 8.32. The average Bonchev–Trinajstić information content (AvgIpc) is 3.75. The molecule has 1 heteroatoms. The normalized spacial score (nSPS) is 15.7. The van der Waals surface area contributed by atoms with Gasteiger partial charge in [-0.3, -0.25) is 0 Å². The Bertz CT molecular complexity index is 3660. The first kappa shape index (κ1) is 36.1. The second-order valence-corrected chi connectivity index (χ2v) is 18.1. The van der Waals surface area contributed by atoms with E-state index in [1.807, 2.05) is 11.3 Å². The molecule has 0 bridgehead atoms. The van der Waals surface area contributed by atoms with Gasteiger partial charge in [0.15, 0.2) is 0 Å². The first-order chi connectivity index (χ1) is 31.3. The van der Waals surface area contributed by atoms with E-state index in [1.54, 1.807) is 0 Å². The van der Waals surface area contributed by atoms with Gasteiger partial charge in [0.05, 0.1) is 0 Å². The highest BCUT2D eigenvalue weighted by Gasteiger charge is 2.36. The number of allylic oxidation sites excluding steroid dienone is 5. The van der Waals surface area contributed by atoms with Crippen molar-refractivity contribution in [1.82, 2.24) is 0 Å². The summed E-state index contributed by atoms with van der Waals surface area (Å²) in [5.41, 5.74) is 15.7. The number of rotatable bonds is 5. The maximum absolute atomic E-state index is 2.43. The van der Waals surface area contributed by atoms with E-state index in [0.717, 1.165) is 0 Å². The molecule has 294 valence electrons. The van der Waals surface area contributed by atoms with Crippen molar-refractivity contribution in [2.75, 3.05) is 0 Å². The quantitative estimate of drug-likeness (QED) is 0.152. The molecular weight excluding hydrogens is 777 g/mol. The first-order valence-corrected chi connectivity index (χ1v) is 22.8. The molecule has 63 heavy (non-hydrogen) atoms. The first-order valence-electron chi connectivity index (χ1n) is 22.0. The van der Waals surface area contributed by atoms with Gasteiger partial charge in [0.2, 0.25) is 0 Å². The lowest BCUT2D eigenvalue weighted by atomic mass is 9.66. The van der Waals surface area contributed by atoms with Crippen LogP contribution in [0.25, 0.3) is 91.4 Å². The van der Waals surface area contributed by atoms with E-state index in [4.69, 9.17) is 0 Å². The molecule has 1 aromatic heterocycles. The Labute approximate surface area is 371 Å². The van der Waals surface area contributed by atoms with E-state index < -0.39 is 0 Å². The van der Waals surface area contributed by atoms with Crippen molar-refractivity contribution in [3.05, 3.63) is 258 Å². The third-order valence-corrected chi connectivity index (χ3v) is 14.8. The fourth-order valence-corrected chi connectivity index (χ4v) is 12.3. The molecule has 0 radical (unpaired) electrons. The van der Waals surface area contributed by atoms with Gasteiger partial charge in [-0.15, -0.1) is 11.3 Å². The average molecular weight is 817 g/mol. The summed E-state index contributed by atoms with van der Waals surface area (Å²) in [5, 5.41) is 10.3. The summed E-state index contributed by atoms with van der Waals surface area (Å²) >= 11 is 1.91. The van der Waals surface area contributed by atoms with Crippen molar-refractivity contribution in [3.8, 4) is 33.4 Å². The molecular formula is C62H40S. The second kappa shape index (κ2) is 14.5. The Hall–Kier alpha value is -7.58. The minimum atomic E-state index is 0.225. The predicted octanol–water partition coefficient (Wildman–Crippen LogP) is 17.2. The fraction of sp³-hybridized carbons (Fsp3) is 0.0323. The van der Waals surface area contributed by atoms with Gasteiger partial charge < -0.3 is 0 Å². The van der Waals surface area contributed by atoms with Gasteiger partial charge in [0.25, 0.3) is 0 Å². The fourth-order valence-electron chi connectivity index (χ4n) is 11.1. The lowest BCUT2D eigenvalue weighted by Crippen LogP contribution is -2.22. The second-order valence-electron chi connectivity index (χ2n) is 17.0. The van der Waals surface area contributed by atoms with E-state index in [2.05, 4.69) is 231 Å². The molecule has 13 rings (SSSR count). The third kappa shape index (κ3) is 5.60. The van der Waals surface area contributed by atoms with Crippen LogP contribution in [-0.2, 0) is 0 Å². The monoisotopic (exact) mass is 816 g/mol. The smallest absolute Gasteiger partial charge is 0.0361 e. The van der Waals surface area contributed by atoms with Crippen molar-refractivity contribution in [2.24, 2.45) is 5.92 Å². The molecule has 2 atom stereocenters. The number of thiophene rings is 1. The summed E-state index contributed by atoms with van der Waals surface area (Å²) in [7, 11) is 0. The van der Waals surface area contributed by atoms with Crippen molar-refractivity contribution in [2.45, 2.75) is 5.92 Å². The maximum atomic E-state index is 2.43. The minimum absolute atomic E-state index is 0.225. The van der Waals surface area contributed by atoms with Gasteiger partial charge in [0.1, 0.15) is 0 Å². The van der Waals surface area contributed by atoms with E-state index in [0.29, 0.717) is 0 Å². The molecule has 2 unspecified atom stereocenters. The van der Waals surface area contributed by atoms with Gasteiger partial charge >= 0.3 is 0 Å². The van der Waals surface area contributed by atoms with Crippen LogP contribution in [0.15, 0.2) is 236 Å². The molecule has 10 aromatic carbocycles. The minimum Gasteiger partial charge on any atom is -0.135 e. The zero-order valence-corrected chi connectivity index (χ0v) is 35.3. The zero-order valence-electron chi connectivity index (χ0n) is 34.5. The van der Waals surface area contributed by atoms with Crippen LogP contribution >= 0.6 is 11.3 Å². The molecule has 1 heterocycles. The van der Waals surface area contributed by atoms with Crippen LogP contribution in [-0.4, -0.2) is 0 Å². The van der Waals surface area contributed by atoms with Crippen molar-refractivity contribution < 1.29 is 0 Å². The highest BCUT2D eigenvalue weighted by molar-refractivity contribution is 7.26. The molecule has 0 N–H and O–H groups in total. The Morgan fingerprint density at radius 1 is 0.365 bits per heavy atom. The SMILES string of the molecule is C1=CC2=C(c3cccc4sc5cccc(-c6c7ccccc7c(-c7ccc(-c8cccc9ccccc89)cc7)c7ccccc67)c5c34)c3ccccc3C(c3ccccc3)C2C=C1. The van der Waals surface area contributed by atoms with Crippen molar-refractivity contribution in [3.63, 3.8) is 0 Å². The summed E-state index contributed by atoms with van der Waals surface area (Å²) in [5.74, 6) is 0.463. The van der Waals surface area contributed by atoms with Gasteiger partial charge in [-0.05, 0) is 111 Å². The largest absolute Gasteiger partial charge is 0.135 e. The molecule has 2 aliphatic carbocycles. The summed E-state index contributed by atoms with van der Waals surface area (Å²) in [6.07, 6.45) is 9.29.